The number of nitrogens with zero attached hydrogens (tertiary/aromatic N) is 4. The molecule has 3 N–H and O–H groups in total. The number of fused-ring (bicyclic) bond motifs is 1. The van der Waals surface area contributed by atoms with Gasteiger partial charge in [0, 0.05) is 30.1 Å². The fourth-order valence-electron chi connectivity index (χ4n) is 5.12. The number of likely N-dealkylation sites (N-methyl/N-ethyl adjacent to an activating group) is 1. The summed E-state index contributed by atoms with van der Waals surface area (Å²) >= 11 is 0. The first kappa shape index (κ1) is 30.0. The SMILES string of the molecule is CNC(C(=O)O)C(C)Cn1c(C)c(C(=O)Nc2ccc(Oc3ccnc4cc(OC)ccc34)cn2)c(=O)n1-c1ccccc1. The van der Waals surface area contributed by atoms with Crippen LogP contribution in [0.15, 0.2) is 83.9 Å². The maximum Gasteiger partial charge on any atom is 0.321 e. The lowest BCUT2D eigenvalue weighted by Gasteiger charge is -2.23. The van der Waals surface area contributed by atoms with E-state index in [1.54, 1.807) is 81.3 Å². The second-order valence-electron chi connectivity index (χ2n) is 10.2. The predicted octanol–water partition coefficient (Wildman–Crippen LogP) is 4.25. The normalized spacial score (nSPS) is 12.5. The lowest BCUT2D eigenvalue weighted by molar-refractivity contribution is -0.140. The van der Waals surface area contributed by atoms with Crippen LogP contribution in [0, 0.1) is 12.8 Å². The minimum Gasteiger partial charge on any atom is -0.497 e. The lowest BCUT2D eigenvalue weighted by atomic mass is 10.0. The van der Waals surface area contributed by atoms with E-state index in [1.165, 1.54) is 10.9 Å². The van der Waals surface area contributed by atoms with Crippen LogP contribution in [-0.4, -0.2) is 56.5 Å². The molecule has 0 saturated heterocycles. The highest BCUT2D eigenvalue weighted by Crippen LogP contribution is 2.31. The number of nitrogens with one attached hydrogen (secondary N) is 2. The molecule has 3 heterocycles. The Labute approximate surface area is 252 Å². The number of carbonyl (C=O) groups excluding carboxylic acids is 1. The molecule has 44 heavy (non-hydrogen) atoms. The summed E-state index contributed by atoms with van der Waals surface area (Å²) < 4.78 is 14.3. The Morgan fingerprint density at radius 2 is 1.77 bits per heavy atom. The van der Waals surface area contributed by atoms with Crippen molar-refractivity contribution in [3.8, 4) is 22.9 Å². The predicted molar refractivity (Wildman–Crippen MR) is 165 cm³/mol. The van der Waals surface area contributed by atoms with Gasteiger partial charge >= 0.3 is 5.97 Å². The first-order chi connectivity index (χ1) is 21.2. The number of para-hydroxylation sites is 1. The van der Waals surface area contributed by atoms with Crippen molar-refractivity contribution >= 4 is 28.6 Å². The summed E-state index contributed by atoms with van der Waals surface area (Å²) in [5.74, 6) is -0.142. The van der Waals surface area contributed by atoms with Crippen molar-refractivity contribution in [2.75, 3.05) is 19.5 Å². The number of amides is 1. The van der Waals surface area contributed by atoms with E-state index in [9.17, 15) is 19.5 Å². The summed E-state index contributed by atoms with van der Waals surface area (Å²) in [5, 5.41) is 15.9. The second kappa shape index (κ2) is 12.8. The number of aliphatic carboxylic acids is 1. The zero-order chi connectivity index (χ0) is 31.4. The van der Waals surface area contributed by atoms with Gasteiger partial charge in [-0.15, -0.1) is 0 Å². The van der Waals surface area contributed by atoms with Gasteiger partial charge in [-0.05, 0) is 56.4 Å². The number of ether oxygens (including phenoxy) is 2. The van der Waals surface area contributed by atoms with Crippen molar-refractivity contribution in [3.63, 3.8) is 0 Å². The number of hydrogen-bond acceptors (Lipinski definition) is 8. The fourth-order valence-corrected chi connectivity index (χ4v) is 5.12. The summed E-state index contributed by atoms with van der Waals surface area (Å²) in [4.78, 5) is 47.6. The average molecular weight is 597 g/mol. The molecule has 12 heteroatoms. The molecular weight excluding hydrogens is 564 g/mol. The van der Waals surface area contributed by atoms with Gasteiger partial charge in [-0.1, -0.05) is 25.1 Å². The Kier molecular flexibility index (Phi) is 8.72. The number of carboxylic acids is 1. The molecule has 226 valence electrons. The minimum atomic E-state index is -1.01. The minimum absolute atomic E-state index is 0.0711. The molecule has 1 amide bonds. The Bertz CT molecular complexity index is 1870. The second-order valence-corrected chi connectivity index (χ2v) is 10.2. The quantitative estimate of drug-likeness (QED) is 0.203. The summed E-state index contributed by atoms with van der Waals surface area (Å²) in [5.41, 5.74) is 1.05. The zero-order valence-corrected chi connectivity index (χ0v) is 24.6. The molecule has 0 spiro atoms. The molecule has 12 nitrogen and oxygen atoms in total. The number of hydrogen-bond donors (Lipinski definition) is 3. The molecule has 5 aromatic rings. The molecule has 3 aromatic heterocycles. The number of rotatable bonds is 11. The standard InChI is InChI=1S/C32H32N6O6/c1-19(29(33-3)32(41)42)18-37-20(2)28(31(40)38(37)21-8-6-5-7-9-21)30(39)36-27-13-11-23(17-35-27)44-26-14-15-34-25-16-22(43-4)10-12-24(25)26/h5-17,19,29,33H,18H2,1-4H3,(H,41,42)(H,35,36,39). The first-order valence-corrected chi connectivity index (χ1v) is 13.9. The van der Waals surface area contributed by atoms with E-state index in [2.05, 4.69) is 20.6 Å². The maximum atomic E-state index is 13.7. The topological polar surface area (TPSA) is 150 Å². The number of carboxylic acid groups (broad SMARTS) is 1. The average Bonchev–Trinajstić information content (AvgIpc) is 3.26. The van der Waals surface area contributed by atoms with Crippen molar-refractivity contribution < 1.29 is 24.2 Å². The number of anilines is 1. The number of pyridine rings is 2. The van der Waals surface area contributed by atoms with Gasteiger partial charge in [0.25, 0.3) is 11.5 Å². The summed E-state index contributed by atoms with van der Waals surface area (Å²) in [6, 6.07) is 18.5. The van der Waals surface area contributed by atoms with Gasteiger partial charge in [0.2, 0.25) is 0 Å². The summed E-state index contributed by atoms with van der Waals surface area (Å²) in [6.45, 7) is 3.60. The molecule has 0 saturated carbocycles. The van der Waals surface area contributed by atoms with Gasteiger partial charge in [-0.2, -0.15) is 0 Å². The highest BCUT2D eigenvalue weighted by atomic mass is 16.5. The number of methoxy groups -OCH3 is 1. The van der Waals surface area contributed by atoms with Crippen molar-refractivity contribution in [2.24, 2.45) is 5.92 Å². The number of carbonyl (C=O) groups is 2. The van der Waals surface area contributed by atoms with Crippen molar-refractivity contribution in [2.45, 2.75) is 26.4 Å². The zero-order valence-electron chi connectivity index (χ0n) is 24.6. The molecule has 0 fully saturated rings. The molecule has 0 aliphatic rings. The Morgan fingerprint density at radius 3 is 2.43 bits per heavy atom. The number of benzene rings is 2. The largest absolute Gasteiger partial charge is 0.497 e. The highest BCUT2D eigenvalue weighted by Gasteiger charge is 2.28. The van der Waals surface area contributed by atoms with Crippen LogP contribution in [0.3, 0.4) is 0 Å². The van der Waals surface area contributed by atoms with Crippen molar-refractivity contribution in [1.82, 2.24) is 24.6 Å². The Morgan fingerprint density at radius 1 is 1.02 bits per heavy atom. The third-order valence-corrected chi connectivity index (χ3v) is 7.35. The molecule has 2 aromatic carbocycles. The monoisotopic (exact) mass is 596 g/mol. The molecule has 0 aliphatic heterocycles. The van der Waals surface area contributed by atoms with E-state index < -0.39 is 29.4 Å². The van der Waals surface area contributed by atoms with Crippen LogP contribution in [0.5, 0.6) is 17.2 Å². The summed E-state index contributed by atoms with van der Waals surface area (Å²) in [6.07, 6.45) is 3.11. The molecule has 2 unspecified atom stereocenters. The maximum absolute atomic E-state index is 13.7. The molecule has 2 atom stereocenters. The van der Waals surface area contributed by atoms with E-state index in [0.717, 1.165) is 5.39 Å². The van der Waals surface area contributed by atoms with Crippen molar-refractivity contribution in [3.05, 3.63) is 101 Å². The molecule has 5 rings (SSSR count). The summed E-state index contributed by atoms with van der Waals surface area (Å²) in [7, 11) is 3.16. The van der Waals surface area contributed by atoms with Gasteiger partial charge < -0.3 is 25.2 Å². The first-order valence-electron chi connectivity index (χ1n) is 13.9. The van der Waals surface area contributed by atoms with Gasteiger partial charge in [0.15, 0.2) is 0 Å². The van der Waals surface area contributed by atoms with Crippen LogP contribution in [0.2, 0.25) is 0 Å². The molecule has 0 aliphatic carbocycles. The van der Waals surface area contributed by atoms with E-state index in [-0.39, 0.29) is 17.9 Å². The Balaban J connectivity index is 1.40. The van der Waals surface area contributed by atoms with Gasteiger partial charge in [-0.3, -0.25) is 24.0 Å². The van der Waals surface area contributed by atoms with Crippen molar-refractivity contribution in [1.29, 1.82) is 0 Å². The van der Waals surface area contributed by atoms with E-state index >= 15 is 0 Å². The van der Waals surface area contributed by atoms with Crippen LogP contribution >= 0.6 is 0 Å². The van der Waals surface area contributed by atoms with Crippen LogP contribution in [0.1, 0.15) is 23.0 Å². The molecule has 0 radical (unpaired) electrons. The lowest BCUT2D eigenvalue weighted by Crippen LogP contribution is -2.42. The van der Waals surface area contributed by atoms with E-state index in [4.69, 9.17) is 9.47 Å². The third-order valence-electron chi connectivity index (χ3n) is 7.35. The van der Waals surface area contributed by atoms with Gasteiger partial charge in [-0.25, -0.2) is 9.67 Å². The molecular formula is C32H32N6O6. The fraction of sp³-hybridized carbons (Fsp3) is 0.219. The van der Waals surface area contributed by atoms with E-state index in [1.807, 2.05) is 24.3 Å². The van der Waals surface area contributed by atoms with Gasteiger partial charge in [0.05, 0.1) is 30.2 Å². The van der Waals surface area contributed by atoms with Crippen LogP contribution in [0.25, 0.3) is 16.6 Å². The van der Waals surface area contributed by atoms with Gasteiger partial charge in [0.1, 0.15) is 34.7 Å². The smallest absolute Gasteiger partial charge is 0.321 e. The highest BCUT2D eigenvalue weighted by molar-refractivity contribution is 6.04. The van der Waals surface area contributed by atoms with Crippen LogP contribution in [-0.2, 0) is 11.3 Å². The van der Waals surface area contributed by atoms with Crippen LogP contribution < -0.4 is 25.7 Å². The van der Waals surface area contributed by atoms with Crippen LogP contribution in [0.4, 0.5) is 5.82 Å². The molecule has 0 bridgehead atoms. The Hall–Kier alpha value is -5.49. The van der Waals surface area contributed by atoms with E-state index in [0.29, 0.717) is 34.1 Å². The third kappa shape index (κ3) is 6.01. The number of aromatic nitrogens is 4.